The van der Waals surface area contributed by atoms with Crippen molar-refractivity contribution in [3.05, 3.63) is 53.6 Å². The van der Waals surface area contributed by atoms with Crippen molar-refractivity contribution in [2.45, 2.75) is 19.9 Å². The van der Waals surface area contributed by atoms with Gasteiger partial charge in [0.15, 0.2) is 0 Å². The Morgan fingerprint density at radius 1 is 0.950 bits per heavy atom. The minimum absolute atomic E-state index is 0.206. The molecule has 0 amide bonds. The Morgan fingerprint density at radius 3 is 2.30 bits per heavy atom. The summed E-state index contributed by atoms with van der Waals surface area (Å²) in [5.74, 6) is 1.75. The van der Waals surface area contributed by atoms with Crippen molar-refractivity contribution in [3.8, 4) is 11.5 Å². The van der Waals surface area contributed by atoms with Crippen molar-refractivity contribution in [1.82, 2.24) is 0 Å². The summed E-state index contributed by atoms with van der Waals surface area (Å²) < 4.78 is 10.5. The number of anilines is 1. The monoisotopic (exact) mass is 271 g/mol. The number of aryl methyl sites for hydroxylation is 1. The quantitative estimate of drug-likeness (QED) is 0.884. The van der Waals surface area contributed by atoms with Crippen LogP contribution in [0.4, 0.5) is 5.69 Å². The van der Waals surface area contributed by atoms with Crippen LogP contribution in [-0.2, 0) is 0 Å². The van der Waals surface area contributed by atoms with Crippen LogP contribution in [0.3, 0.4) is 0 Å². The van der Waals surface area contributed by atoms with E-state index in [0.29, 0.717) is 0 Å². The summed E-state index contributed by atoms with van der Waals surface area (Å²) in [6.07, 6.45) is 0. The molecule has 1 N–H and O–H groups in total. The Morgan fingerprint density at radius 2 is 1.65 bits per heavy atom. The lowest BCUT2D eigenvalue weighted by Gasteiger charge is -2.18. The molecule has 3 nitrogen and oxygen atoms in total. The van der Waals surface area contributed by atoms with Crippen molar-refractivity contribution >= 4 is 5.69 Å². The highest BCUT2D eigenvalue weighted by atomic mass is 16.5. The van der Waals surface area contributed by atoms with E-state index in [1.165, 1.54) is 11.1 Å². The second-order valence-electron chi connectivity index (χ2n) is 4.82. The molecule has 0 saturated heterocycles. The lowest BCUT2D eigenvalue weighted by molar-refractivity contribution is 0.414. The molecule has 2 rings (SSSR count). The topological polar surface area (TPSA) is 30.5 Å². The smallest absolute Gasteiger partial charge is 0.119 e. The first-order valence-electron chi connectivity index (χ1n) is 6.69. The second-order valence-corrected chi connectivity index (χ2v) is 4.82. The van der Waals surface area contributed by atoms with E-state index in [1.54, 1.807) is 14.2 Å². The molecule has 0 fully saturated rings. The fraction of sp³-hybridized carbons (Fsp3) is 0.294. The molecular formula is C17H21NO2. The van der Waals surface area contributed by atoms with E-state index in [4.69, 9.17) is 9.47 Å². The molecule has 1 unspecified atom stereocenters. The van der Waals surface area contributed by atoms with E-state index in [0.717, 1.165) is 17.2 Å². The average Bonchev–Trinajstić information content (AvgIpc) is 2.49. The summed E-state index contributed by atoms with van der Waals surface area (Å²) in [6, 6.07) is 14.4. The van der Waals surface area contributed by atoms with Gasteiger partial charge >= 0.3 is 0 Å². The van der Waals surface area contributed by atoms with Gasteiger partial charge < -0.3 is 14.8 Å². The first-order chi connectivity index (χ1) is 9.63. The number of rotatable bonds is 5. The van der Waals surface area contributed by atoms with Gasteiger partial charge in [-0.25, -0.2) is 0 Å². The fourth-order valence-electron chi connectivity index (χ4n) is 2.15. The highest BCUT2D eigenvalue weighted by Gasteiger charge is 2.08. The Balaban J connectivity index is 2.16. The molecule has 0 aliphatic heterocycles. The maximum Gasteiger partial charge on any atom is 0.119 e. The molecule has 1 atom stereocenters. The number of nitrogens with one attached hydrogen (secondary N) is 1. The van der Waals surface area contributed by atoms with Crippen molar-refractivity contribution < 1.29 is 9.47 Å². The lowest BCUT2D eigenvalue weighted by atomic mass is 10.1. The number of hydrogen-bond acceptors (Lipinski definition) is 3. The zero-order valence-corrected chi connectivity index (χ0v) is 12.4. The van der Waals surface area contributed by atoms with Gasteiger partial charge in [-0.3, -0.25) is 0 Å². The third kappa shape index (κ3) is 3.23. The average molecular weight is 271 g/mol. The first-order valence-corrected chi connectivity index (χ1v) is 6.69. The van der Waals surface area contributed by atoms with Crippen LogP contribution in [0.2, 0.25) is 0 Å². The summed E-state index contributed by atoms with van der Waals surface area (Å²) in [4.78, 5) is 0. The van der Waals surface area contributed by atoms with Gasteiger partial charge in [0.05, 0.1) is 14.2 Å². The molecule has 20 heavy (non-hydrogen) atoms. The van der Waals surface area contributed by atoms with Crippen LogP contribution in [0, 0.1) is 6.92 Å². The summed E-state index contributed by atoms with van der Waals surface area (Å²) in [6.45, 7) is 4.21. The fourth-order valence-corrected chi connectivity index (χ4v) is 2.15. The minimum atomic E-state index is 0.206. The lowest BCUT2D eigenvalue weighted by Crippen LogP contribution is -2.07. The number of benzene rings is 2. The van der Waals surface area contributed by atoms with E-state index in [2.05, 4.69) is 31.3 Å². The predicted molar refractivity (Wildman–Crippen MR) is 82.8 cm³/mol. The van der Waals surface area contributed by atoms with Crippen molar-refractivity contribution in [2.75, 3.05) is 19.5 Å². The molecule has 0 bridgehead atoms. The maximum atomic E-state index is 5.26. The number of methoxy groups -OCH3 is 2. The molecular weight excluding hydrogens is 250 g/mol. The third-order valence-corrected chi connectivity index (χ3v) is 3.40. The van der Waals surface area contributed by atoms with E-state index in [9.17, 15) is 0 Å². The van der Waals surface area contributed by atoms with Crippen LogP contribution in [0.25, 0.3) is 0 Å². The molecule has 0 radical (unpaired) electrons. The number of ether oxygens (including phenoxy) is 2. The van der Waals surface area contributed by atoms with Gasteiger partial charge in [-0.05, 0) is 55.3 Å². The molecule has 0 aromatic heterocycles. The molecule has 106 valence electrons. The zero-order valence-electron chi connectivity index (χ0n) is 12.4. The Hall–Kier alpha value is -2.16. The second kappa shape index (κ2) is 6.33. The summed E-state index contributed by atoms with van der Waals surface area (Å²) in [5, 5.41) is 3.52. The largest absolute Gasteiger partial charge is 0.497 e. The highest BCUT2D eigenvalue weighted by Crippen LogP contribution is 2.26. The molecule has 0 aliphatic carbocycles. The van der Waals surface area contributed by atoms with Crippen LogP contribution >= 0.6 is 0 Å². The van der Waals surface area contributed by atoms with Crippen LogP contribution in [0.1, 0.15) is 24.1 Å². The van der Waals surface area contributed by atoms with Crippen molar-refractivity contribution in [3.63, 3.8) is 0 Å². The van der Waals surface area contributed by atoms with Gasteiger partial charge in [0, 0.05) is 11.7 Å². The van der Waals surface area contributed by atoms with Gasteiger partial charge in [-0.15, -0.1) is 0 Å². The van der Waals surface area contributed by atoms with Crippen molar-refractivity contribution in [1.29, 1.82) is 0 Å². The Labute approximate surface area is 120 Å². The first kappa shape index (κ1) is 14.3. The normalized spacial score (nSPS) is 11.8. The molecule has 0 heterocycles. The third-order valence-electron chi connectivity index (χ3n) is 3.40. The minimum Gasteiger partial charge on any atom is -0.497 e. The van der Waals surface area contributed by atoms with Gasteiger partial charge in [-0.1, -0.05) is 12.1 Å². The van der Waals surface area contributed by atoms with E-state index in [1.807, 2.05) is 30.3 Å². The van der Waals surface area contributed by atoms with E-state index < -0.39 is 0 Å². The molecule has 0 spiro atoms. The molecule has 2 aromatic rings. The van der Waals surface area contributed by atoms with Crippen LogP contribution in [-0.4, -0.2) is 14.2 Å². The molecule has 2 aromatic carbocycles. The van der Waals surface area contributed by atoms with E-state index >= 15 is 0 Å². The Bertz CT molecular complexity index is 581. The highest BCUT2D eigenvalue weighted by molar-refractivity contribution is 5.55. The van der Waals surface area contributed by atoms with Crippen LogP contribution in [0.15, 0.2) is 42.5 Å². The van der Waals surface area contributed by atoms with Gasteiger partial charge in [0.25, 0.3) is 0 Å². The van der Waals surface area contributed by atoms with Crippen LogP contribution in [0.5, 0.6) is 11.5 Å². The van der Waals surface area contributed by atoms with Gasteiger partial charge in [0.2, 0.25) is 0 Å². The molecule has 0 saturated carbocycles. The molecule has 0 aliphatic rings. The summed E-state index contributed by atoms with van der Waals surface area (Å²) in [7, 11) is 3.37. The predicted octanol–water partition coefficient (Wildman–Crippen LogP) is 4.19. The van der Waals surface area contributed by atoms with E-state index in [-0.39, 0.29) is 6.04 Å². The SMILES string of the molecule is COc1cccc(C(C)Nc2ccc(OC)cc2C)c1. The zero-order chi connectivity index (χ0) is 14.5. The van der Waals surface area contributed by atoms with Crippen LogP contribution < -0.4 is 14.8 Å². The van der Waals surface area contributed by atoms with Crippen molar-refractivity contribution in [2.24, 2.45) is 0 Å². The molecule has 3 heteroatoms. The van der Waals surface area contributed by atoms with Gasteiger partial charge in [-0.2, -0.15) is 0 Å². The number of hydrogen-bond donors (Lipinski definition) is 1. The van der Waals surface area contributed by atoms with Gasteiger partial charge in [0.1, 0.15) is 11.5 Å². The maximum absolute atomic E-state index is 5.26. The summed E-state index contributed by atoms with van der Waals surface area (Å²) in [5.41, 5.74) is 3.47. The standard InChI is InChI=1S/C17H21NO2/c1-12-10-16(20-4)8-9-17(12)18-13(2)14-6-5-7-15(11-14)19-3/h5-11,13,18H,1-4H3. The Kier molecular flexibility index (Phi) is 4.51. The summed E-state index contributed by atoms with van der Waals surface area (Å²) >= 11 is 0.